The molecule has 3 aromatic rings. The fourth-order valence-electron chi connectivity index (χ4n) is 12.3. The van der Waals surface area contributed by atoms with Crippen LogP contribution in [0.4, 0.5) is 37.6 Å². The summed E-state index contributed by atoms with van der Waals surface area (Å²) in [5.41, 5.74) is 1.59. The van der Waals surface area contributed by atoms with Crippen LogP contribution in [0.15, 0.2) is 36.5 Å². The summed E-state index contributed by atoms with van der Waals surface area (Å²) < 4.78 is 36.6. The monoisotopic (exact) mass is 940 g/mol. The number of imide groups is 1. The van der Waals surface area contributed by atoms with Crippen LogP contribution in [0, 0.1) is 23.0 Å². The van der Waals surface area contributed by atoms with Gasteiger partial charge in [0.1, 0.15) is 29.1 Å². The fourth-order valence-corrected chi connectivity index (χ4v) is 12.3. The number of hydrogen-bond donors (Lipinski definition) is 4. The third-order valence-electron chi connectivity index (χ3n) is 16.3. The van der Waals surface area contributed by atoms with Gasteiger partial charge in [-0.15, -0.1) is 0 Å². The maximum atomic E-state index is 15.4. The van der Waals surface area contributed by atoms with Crippen molar-refractivity contribution in [3.63, 3.8) is 0 Å². The average molecular weight is 940 g/mol. The molecule has 5 fully saturated rings. The van der Waals surface area contributed by atoms with Crippen molar-refractivity contribution in [2.75, 3.05) is 73.5 Å². The molecule has 9 rings (SSSR count). The Morgan fingerprint density at radius 2 is 1.69 bits per heavy atom. The summed E-state index contributed by atoms with van der Waals surface area (Å²) >= 11 is 0. The van der Waals surface area contributed by atoms with Gasteiger partial charge >= 0.3 is 0 Å². The molecule has 5 heterocycles. The predicted octanol–water partition coefficient (Wildman–Crippen LogP) is 6.96. The number of likely N-dealkylation sites (tertiary alicyclic amines) is 1. The summed E-state index contributed by atoms with van der Waals surface area (Å²) in [5.74, 6) is -1.85. The summed E-state index contributed by atoms with van der Waals surface area (Å²) in [6, 6.07) is 7.91. The maximum Gasteiger partial charge on any atom is 0.251 e. The summed E-state index contributed by atoms with van der Waals surface area (Å²) in [7, 11) is 3.34. The smallest absolute Gasteiger partial charge is 0.251 e. The van der Waals surface area contributed by atoms with Crippen molar-refractivity contribution in [2.24, 2.45) is 11.3 Å². The van der Waals surface area contributed by atoms with Gasteiger partial charge in [0.2, 0.25) is 23.7 Å². The number of hydrogen-bond acceptors (Lipinski definition) is 12. The van der Waals surface area contributed by atoms with Crippen LogP contribution in [-0.4, -0.2) is 115 Å². The van der Waals surface area contributed by atoms with E-state index < -0.39 is 34.9 Å². The van der Waals surface area contributed by atoms with Crippen LogP contribution < -0.4 is 35.4 Å². The number of benzene rings is 2. The Morgan fingerprint density at radius 1 is 0.956 bits per heavy atom. The number of nitrogens with zero attached hydrogens (tertiary/aromatic N) is 6. The number of carbonyl (C=O) groups is 4. The Labute approximate surface area is 397 Å². The molecule has 2 saturated carbocycles. The third kappa shape index (κ3) is 9.61. The Bertz CT molecular complexity index is 2360. The number of aliphatic hydroxyl groups excluding tert-OH is 1. The highest BCUT2D eigenvalue weighted by molar-refractivity contribution is 6.04. The zero-order chi connectivity index (χ0) is 47.7. The van der Waals surface area contributed by atoms with Crippen molar-refractivity contribution in [3.8, 4) is 5.75 Å². The molecule has 15 nitrogen and oxygen atoms in total. The van der Waals surface area contributed by atoms with Crippen LogP contribution in [0.25, 0.3) is 0 Å². The fraction of sp³-hybridized carbons (Fsp3) is 0.608. The first-order valence-electron chi connectivity index (χ1n) is 24.9. The number of ether oxygens (including phenoxy) is 1. The molecular formula is C51H67F2N9O6. The SMILES string of the molecule is CC[C@@H]1C(=O)N(C)c2cnc(Nc3ccc(C(=O)NC4(CCO)CCC5(CCN(C[C@H]6CCCN(c7cc(F)c(C8CCC(=O)NC8=O)c(F)c7)C6)CC5)CC4)cc3OC)nc2N1C1CCCC1. The summed E-state index contributed by atoms with van der Waals surface area (Å²) in [4.78, 5) is 69.4. The molecule has 3 saturated heterocycles. The number of aromatic nitrogens is 2. The second-order valence-corrected chi connectivity index (χ2v) is 20.4. The predicted molar refractivity (Wildman–Crippen MR) is 255 cm³/mol. The molecule has 3 atom stereocenters. The van der Waals surface area contributed by atoms with Gasteiger partial charge in [0, 0.05) is 68.1 Å². The molecule has 1 aromatic heterocycles. The van der Waals surface area contributed by atoms with Gasteiger partial charge < -0.3 is 40.1 Å². The summed E-state index contributed by atoms with van der Waals surface area (Å²) in [5, 5.41) is 19.1. The number of piperidine rings is 3. The van der Waals surface area contributed by atoms with Gasteiger partial charge in [0.25, 0.3) is 5.91 Å². The van der Waals surface area contributed by atoms with Crippen molar-refractivity contribution >= 4 is 52.5 Å². The minimum atomic E-state index is -1.02. The molecule has 6 aliphatic rings. The number of aliphatic hydroxyl groups is 1. The van der Waals surface area contributed by atoms with Gasteiger partial charge in [-0.2, -0.15) is 4.98 Å². The van der Waals surface area contributed by atoms with Crippen molar-refractivity contribution in [2.45, 2.75) is 133 Å². The van der Waals surface area contributed by atoms with Crippen LogP contribution in [0.3, 0.4) is 0 Å². The van der Waals surface area contributed by atoms with E-state index in [1.54, 1.807) is 43.5 Å². The van der Waals surface area contributed by atoms with E-state index in [4.69, 9.17) is 9.72 Å². The second kappa shape index (κ2) is 19.9. The standard InChI is InChI=1S/C51H67F2N9O6/c1-4-40-48(67)59(2)41-29-54-49(57-45(41)62(40)34-9-5-6-10-34)55-39-13-11-33(26-42(39)68-3)46(65)58-51(21-25-63)17-15-50(16-18-51)19-23-60(24-20-50)30-32-8-7-22-61(31-32)35-27-37(52)44(38(53)28-35)36-12-14-43(64)56-47(36)66/h11,13,26-29,32,34,36,40,63H,4-10,12,14-25,30-31H2,1-3H3,(H,58,65)(H,54,55,57)(H,56,64,66)/t32-,36?,40-/m1/s1. The van der Waals surface area contributed by atoms with E-state index in [1.165, 1.54) is 12.1 Å². The van der Waals surface area contributed by atoms with Crippen molar-refractivity contribution in [1.29, 1.82) is 0 Å². The molecule has 4 aliphatic heterocycles. The van der Waals surface area contributed by atoms with Gasteiger partial charge in [-0.05, 0) is 138 Å². The number of likely N-dealkylation sites (N-methyl/N-ethyl adjacent to an activating group) is 1. The lowest BCUT2D eigenvalue weighted by Crippen LogP contribution is -2.55. The number of rotatable bonds is 13. The van der Waals surface area contributed by atoms with Gasteiger partial charge in [0.15, 0.2) is 5.82 Å². The second-order valence-electron chi connectivity index (χ2n) is 20.4. The van der Waals surface area contributed by atoms with E-state index in [-0.39, 0.29) is 54.3 Å². The topological polar surface area (TPSA) is 173 Å². The lowest BCUT2D eigenvalue weighted by molar-refractivity contribution is -0.134. The number of nitrogens with one attached hydrogen (secondary N) is 3. The molecular weight excluding hydrogens is 873 g/mol. The van der Waals surface area contributed by atoms with Gasteiger partial charge in [-0.3, -0.25) is 24.5 Å². The number of methoxy groups -OCH3 is 1. The zero-order valence-electron chi connectivity index (χ0n) is 39.8. The van der Waals surface area contributed by atoms with E-state index in [0.717, 1.165) is 103 Å². The highest BCUT2D eigenvalue weighted by Crippen LogP contribution is 2.49. The van der Waals surface area contributed by atoms with Crippen LogP contribution in [0.1, 0.15) is 131 Å². The molecule has 68 heavy (non-hydrogen) atoms. The quantitative estimate of drug-likeness (QED) is 0.130. The normalized spacial score (nSPS) is 24.2. The lowest BCUT2D eigenvalue weighted by atomic mass is 9.62. The molecule has 0 bridgehead atoms. The summed E-state index contributed by atoms with van der Waals surface area (Å²) in [6.07, 6.45) is 14.8. The van der Waals surface area contributed by atoms with E-state index in [9.17, 15) is 24.3 Å². The first-order chi connectivity index (χ1) is 32.8. The number of halogens is 2. The van der Waals surface area contributed by atoms with E-state index in [2.05, 4.69) is 35.6 Å². The first kappa shape index (κ1) is 47.6. The van der Waals surface area contributed by atoms with Crippen LogP contribution >= 0.6 is 0 Å². The number of carbonyl (C=O) groups excluding carboxylic acids is 4. The minimum Gasteiger partial charge on any atom is -0.495 e. The highest BCUT2D eigenvalue weighted by atomic mass is 19.1. The van der Waals surface area contributed by atoms with Crippen LogP contribution in [0.5, 0.6) is 5.75 Å². The van der Waals surface area contributed by atoms with Gasteiger partial charge in [-0.1, -0.05) is 19.8 Å². The average Bonchev–Trinajstić information content (AvgIpc) is 3.87. The van der Waals surface area contributed by atoms with E-state index >= 15 is 8.78 Å². The molecule has 366 valence electrons. The molecule has 2 aromatic carbocycles. The van der Waals surface area contributed by atoms with Gasteiger partial charge in [-0.25, -0.2) is 13.8 Å². The Balaban J connectivity index is 0.792. The Kier molecular flexibility index (Phi) is 13.9. The molecule has 4 amide bonds. The van der Waals surface area contributed by atoms with Crippen molar-refractivity contribution in [3.05, 3.63) is 59.3 Å². The zero-order valence-corrected chi connectivity index (χ0v) is 39.8. The van der Waals surface area contributed by atoms with Crippen LogP contribution in [-0.2, 0) is 14.4 Å². The molecule has 2 aliphatic carbocycles. The van der Waals surface area contributed by atoms with Crippen molar-refractivity contribution < 1.29 is 37.8 Å². The van der Waals surface area contributed by atoms with E-state index in [1.807, 2.05) is 6.92 Å². The molecule has 1 spiro atoms. The Hall–Kier alpha value is -5.42. The third-order valence-corrected chi connectivity index (χ3v) is 16.3. The molecule has 0 radical (unpaired) electrons. The number of anilines is 5. The summed E-state index contributed by atoms with van der Waals surface area (Å²) in [6.45, 7) is 6.24. The first-order valence-corrected chi connectivity index (χ1v) is 24.9. The highest BCUT2D eigenvalue weighted by Gasteiger charge is 2.46. The van der Waals surface area contributed by atoms with Crippen molar-refractivity contribution in [1.82, 2.24) is 25.5 Å². The van der Waals surface area contributed by atoms with Gasteiger partial charge in [0.05, 0.1) is 24.9 Å². The minimum absolute atomic E-state index is 0.0309. The maximum absolute atomic E-state index is 15.4. The Morgan fingerprint density at radius 3 is 2.37 bits per heavy atom. The lowest BCUT2D eigenvalue weighted by Gasteiger charge is -2.50. The molecule has 17 heteroatoms. The number of amides is 4. The largest absolute Gasteiger partial charge is 0.495 e. The number of fused-ring (bicyclic) bond motifs is 1. The van der Waals surface area contributed by atoms with Crippen LogP contribution in [0.2, 0.25) is 0 Å². The molecule has 4 N–H and O–H groups in total. The molecule has 1 unspecified atom stereocenters. The van der Waals surface area contributed by atoms with E-state index in [0.29, 0.717) is 66.2 Å².